The van der Waals surface area contributed by atoms with Crippen LogP contribution in [0.3, 0.4) is 0 Å². The zero-order chi connectivity index (χ0) is 17.7. The molecule has 1 fully saturated rings. The van der Waals surface area contributed by atoms with Gasteiger partial charge in [-0.2, -0.15) is 4.31 Å². The third-order valence-electron chi connectivity index (χ3n) is 4.25. The molecule has 1 aliphatic heterocycles. The first-order chi connectivity index (χ1) is 11.3. The number of hydrogen-bond acceptors (Lipinski definition) is 4. The first-order valence-corrected chi connectivity index (χ1v) is 9.81. The van der Waals surface area contributed by atoms with Crippen molar-refractivity contribution in [1.82, 2.24) is 14.9 Å². The molecule has 2 rings (SSSR count). The van der Waals surface area contributed by atoms with Crippen molar-refractivity contribution >= 4 is 15.9 Å². The van der Waals surface area contributed by atoms with Crippen molar-refractivity contribution in [2.24, 2.45) is 11.8 Å². The molecule has 134 valence electrons. The Bertz CT molecular complexity index is 648. The van der Waals surface area contributed by atoms with Gasteiger partial charge in [-0.25, -0.2) is 8.42 Å². The first kappa shape index (κ1) is 18.9. The Labute approximate surface area is 144 Å². The molecular formula is C17H27N3O3S. The van der Waals surface area contributed by atoms with Crippen molar-refractivity contribution < 1.29 is 13.2 Å². The molecule has 6 nitrogen and oxygen atoms in total. The second-order valence-corrected chi connectivity index (χ2v) is 8.59. The Morgan fingerprint density at radius 3 is 2.25 bits per heavy atom. The maximum atomic E-state index is 12.8. The summed E-state index contributed by atoms with van der Waals surface area (Å²) >= 11 is 0. The molecule has 1 amide bonds. The molecule has 2 unspecified atom stereocenters. The summed E-state index contributed by atoms with van der Waals surface area (Å²) in [7, 11) is -1.69. The van der Waals surface area contributed by atoms with Crippen LogP contribution >= 0.6 is 0 Å². The summed E-state index contributed by atoms with van der Waals surface area (Å²) in [6.45, 7) is 6.48. The van der Waals surface area contributed by atoms with Crippen LogP contribution in [-0.4, -0.2) is 51.9 Å². The van der Waals surface area contributed by atoms with Gasteiger partial charge in [0.05, 0.1) is 4.90 Å². The predicted octanol–water partition coefficient (Wildman–Crippen LogP) is 1.30. The van der Waals surface area contributed by atoms with E-state index in [0.717, 1.165) is 6.42 Å². The molecule has 1 aromatic carbocycles. The van der Waals surface area contributed by atoms with E-state index in [-0.39, 0.29) is 10.8 Å². The second-order valence-electron chi connectivity index (χ2n) is 6.65. The molecular weight excluding hydrogens is 326 g/mol. The summed E-state index contributed by atoms with van der Waals surface area (Å²) in [6.07, 6.45) is 1.05. The number of carbonyl (C=O) groups is 1. The normalized spacial score (nSPS) is 22.3. The van der Waals surface area contributed by atoms with Gasteiger partial charge < -0.3 is 10.6 Å². The average Bonchev–Trinajstić information content (AvgIpc) is 2.54. The highest BCUT2D eigenvalue weighted by atomic mass is 32.2. The Morgan fingerprint density at radius 1 is 1.12 bits per heavy atom. The van der Waals surface area contributed by atoms with Crippen LogP contribution in [-0.2, 0) is 10.0 Å². The lowest BCUT2D eigenvalue weighted by Gasteiger charge is -2.34. The summed E-state index contributed by atoms with van der Waals surface area (Å²) in [5.41, 5.74) is 0.463. The van der Waals surface area contributed by atoms with Crippen molar-refractivity contribution in [2.45, 2.75) is 25.2 Å². The Hall–Kier alpha value is -1.44. The quantitative estimate of drug-likeness (QED) is 0.756. The SMILES string of the molecule is CNCCNC(=O)c1ccc(S(=O)(=O)N2CC(C)CC(C)C2)cc1. The number of amides is 1. The molecule has 0 bridgehead atoms. The van der Waals surface area contributed by atoms with Crippen molar-refractivity contribution in [3.63, 3.8) is 0 Å². The Morgan fingerprint density at radius 2 is 1.71 bits per heavy atom. The van der Waals surface area contributed by atoms with Crippen LogP contribution in [0.1, 0.15) is 30.6 Å². The number of sulfonamides is 1. The van der Waals surface area contributed by atoms with Crippen molar-refractivity contribution in [3.05, 3.63) is 29.8 Å². The number of piperidine rings is 1. The van der Waals surface area contributed by atoms with Gasteiger partial charge in [0.2, 0.25) is 10.0 Å². The summed E-state index contributed by atoms with van der Waals surface area (Å²) in [5, 5.41) is 5.72. The lowest BCUT2D eigenvalue weighted by atomic mass is 9.94. The summed E-state index contributed by atoms with van der Waals surface area (Å²) < 4.78 is 27.1. The monoisotopic (exact) mass is 353 g/mol. The van der Waals surface area contributed by atoms with Gasteiger partial charge in [0.25, 0.3) is 5.91 Å². The molecule has 1 aromatic rings. The van der Waals surface area contributed by atoms with Gasteiger partial charge in [0.15, 0.2) is 0 Å². The number of hydrogen-bond donors (Lipinski definition) is 2. The third-order valence-corrected chi connectivity index (χ3v) is 6.10. The lowest BCUT2D eigenvalue weighted by Crippen LogP contribution is -2.42. The van der Waals surface area contributed by atoms with E-state index >= 15 is 0 Å². The van der Waals surface area contributed by atoms with Gasteiger partial charge in [-0.3, -0.25) is 4.79 Å². The molecule has 1 heterocycles. The van der Waals surface area contributed by atoms with Gasteiger partial charge in [0.1, 0.15) is 0 Å². The van der Waals surface area contributed by atoms with E-state index in [1.807, 2.05) is 7.05 Å². The summed E-state index contributed by atoms with van der Waals surface area (Å²) in [4.78, 5) is 12.2. The van der Waals surface area contributed by atoms with Crippen molar-refractivity contribution in [3.8, 4) is 0 Å². The van der Waals surface area contributed by atoms with E-state index in [1.165, 1.54) is 12.1 Å². The van der Waals surface area contributed by atoms with Crippen LogP contribution in [0.5, 0.6) is 0 Å². The van der Waals surface area contributed by atoms with Crippen LogP contribution in [0, 0.1) is 11.8 Å². The number of nitrogens with zero attached hydrogens (tertiary/aromatic N) is 1. The Kier molecular flexibility index (Phi) is 6.37. The van der Waals surface area contributed by atoms with Gasteiger partial charge >= 0.3 is 0 Å². The molecule has 7 heteroatoms. The van der Waals surface area contributed by atoms with E-state index in [0.29, 0.717) is 43.6 Å². The molecule has 0 aromatic heterocycles. The molecule has 1 saturated heterocycles. The highest BCUT2D eigenvalue weighted by Gasteiger charge is 2.31. The van der Waals surface area contributed by atoms with E-state index in [4.69, 9.17) is 0 Å². The summed E-state index contributed by atoms with van der Waals surface area (Å²) in [6, 6.07) is 6.18. The molecule has 0 saturated carbocycles. The van der Waals surface area contributed by atoms with Gasteiger partial charge in [-0.05, 0) is 49.6 Å². The molecule has 2 N–H and O–H groups in total. The van der Waals surface area contributed by atoms with Crippen LogP contribution in [0.4, 0.5) is 0 Å². The number of likely N-dealkylation sites (N-methyl/N-ethyl adjacent to an activating group) is 1. The fourth-order valence-corrected chi connectivity index (χ4v) is 4.81. The number of nitrogens with one attached hydrogen (secondary N) is 2. The van der Waals surface area contributed by atoms with Gasteiger partial charge in [0, 0.05) is 31.7 Å². The smallest absolute Gasteiger partial charge is 0.251 e. The van der Waals surface area contributed by atoms with Crippen LogP contribution in [0.25, 0.3) is 0 Å². The standard InChI is InChI=1S/C17H27N3O3S/c1-13-10-14(2)12-20(11-13)24(22,23)16-6-4-15(5-7-16)17(21)19-9-8-18-3/h4-7,13-14,18H,8-12H2,1-3H3,(H,19,21). The van der Waals surface area contributed by atoms with Crippen LogP contribution in [0.15, 0.2) is 29.2 Å². The maximum Gasteiger partial charge on any atom is 0.251 e. The minimum Gasteiger partial charge on any atom is -0.351 e. The molecule has 0 radical (unpaired) electrons. The highest BCUT2D eigenvalue weighted by molar-refractivity contribution is 7.89. The minimum atomic E-state index is -3.50. The van der Waals surface area contributed by atoms with Crippen molar-refractivity contribution in [1.29, 1.82) is 0 Å². The van der Waals surface area contributed by atoms with Crippen molar-refractivity contribution in [2.75, 3.05) is 33.2 Å². The maximum absolute atomic E-state index is 12.8. The zero-order valence-corrected chi connectivity index (χ0v) is 15.4. The predicted molar refractivity (Wildman–Crippen MR) is 94.4 cm³/mol. The van der Waals surface area contributed by atoms with Crippen LogP contribution in [0.2, 0.25) is 0 Å². The first-order valence-electron chi connectivity index (χ1n) is 8.37. The molecule has 2 atom stereocenters. The fourth-order valence-electron chi connectivity index (χ4n) is 3.13. The highest BCUT2D eigenvalue weighted by Crippen LogP contribution is 2.26. The lowest BCUT2D eigenvalue weighted by molar-refractivity contribution is 0.0954. The number of benzene rings is 1. The molecule has 0 aliphatic carbocycles. The number of rotatable bonds is 6. The summed E-state index contributed by atoms with van der Waals surface area (Å²) in [5.74, 6) is 0.524. The fraction of sp³-hybridized carbons (Fsp3) is 0.588. The third kappa shape index (κ3) is 4.55. The van der Waals surface area contributed by atoms with Gasteiger partial charge in [-0.15, -0.1) is 0 Å². The topological polar surface area (TPSA) is 78.5 Å². The molecule has 24 heavy (non-hydrogen) atoms. The molecule has 1 aliphatic rings. The van der Waals surface area contributed by atoms with Gasteiger partial charge in [-0.1, -0.05) is 13.8 Å². The zero-order valence-electron chi connectivity index (χ0n) is 14.6. The van der Waals surface area contributed by atoms with E-state index in [9.17, 15) is 13.2 Å². The largest absolute Gasteiger partial charge is 0.351 e. The number of carbonyl (C=O) groups excluding carboxylic acids is 1. The Balaban J connectivity index is 2.10. The molecule has 0 spiro atoms. The van der Waals surface area contributed by atoms with E-state index in [1.54, 1.807) is 16.4 Å². The minimum absolute atomic E-state index is 0.200. The van der Waals surface area contributed by atoms with Crippen LogP contribution < -0.4 is 10.6 Å². The second kappa shape index (κ2) is 8.09. The van der Waals surface area contributed by atoms with E-state index < -0.39 is 10.0 Å². The van der Waals surface area contributed by atoms with E-state index in [2.05, 4.69) is 24.5 Å². The average molecular weight is 353 g/mol.